The highest BCUT2D eigenvalue weighted by Crippen LogP contribution is 2.25. The molecule has 1 fully saturated rings. The van der Waals surface area contributed by atoms with Gasteiger partial charge in [0.1, 0.15) is 0 Å². The number of nitrogens with zero attached hydrogens (tertiary/aromatic N) is 1. The number of esters is 1. The van der Waals surface area contributed by atoms with Gasteiger partial charge in [0.15, 0.2) is 0 Å². The minimum atomic E-state index is -3.56. The van der Waals surface area contributed by atoms with Crippen LogP contribution in [0.25, 0.3) is 0 Å². The van der Waals surface area contributed by atoms with Gasteiger partial charge < -0.3 is 9.84 Å². The molecule has 0 spiro atoms. The largest absolute Gasteiger partial charge is 0.481 e. The van der Waals surface area contributed by atoms with Gasteiger partial charge in [0.25, 0.3) is 0 Å². The molecule has 20 heavy (non-hydrogen) atoms. The maximum atomic E-state index is 12.2. The smallest absolute Gasteiger partial charge is 0.306 e. The average molecular weight is 307 g/mol. The fraction of sp³-hybridized carbons (Fsp3) is 0.833. The quantitative estimate of drug-likeness (QED) is 0.715. The Morgan fingerprint density at radius 1 is 1.40 bits per heavy atom. The van der Waals surface area contributed by atoms with E-state index in [1.165, 1.54) is 4.31 Å². The van der Waals surface area contributed by atoms with Gasteiger partial charge in [-0.25, -0.2) is 8.42 Å². The molecule has 1 N–H and O–H groups in total. The highest BCUT2D eigenvalue weighted by atomic mass is 32.2. The lowest BCUT2D eigenvalue weighted by atomic mass is 9.93. The number of hydrogen-bond acceptors (Lipinski definition) is 5. The van der Waals surface area contributed by atoms with Crippen LogP contribution in [-0.4, -0.2) is 54.7 Å². The van der Waals surface area contributed by atoms with E-state index in [-0.39, 0.29) is 31.4 Å². The molecule has 0 amide bonds. The number of piperidine rings is 1. The van der Waals surface area contributed by atoms with Crippen molar-refractivity contribution in [2.24, 2.45) is 5.92 Å². The number of ether oxygens (including phenoxy) is 1. The van der Waals surface area contributed by atoms with Gasteiger partial charge in [-0.1, -0.05) is 0 Å². The molecule has 0 saturated carbocycles. The van der Waals surface area contributed by atoms with Crippen LogP contribution in [0.2, 0.25) is 0 Å². The van der Waals surface area contributed by atoms with E-state index in [9.17, 15) is 18.0 Å². The van der Waals surface area contributed by atoms with Crippen molar-refractivity contribution in [3.8, 4) is 0 Å². The van der Waals surface area contributed by atoms with Crippen molar-refractivity contribution in [3.05, 3.63) is 0 Å². The average Bonchev–Trinajstić information content (AvgIpc) is 2.36. The van der Waals surface area contributed by atoms with Gasteiger partial charge in [0.2, 0.25) is 10.0 Å². The number of carbonyl (C=O) groups is 2. The Balaban J connectivity index is 2.60. The Morgan fingerprint density at radius 2 is 2.05 bits per heavy atom. The van der Waals surface area contributed by atoms with Crippen molar-refractivity contribution < 1.29 is 27.9 Å². The molecule has 1 saturated heterocycles. The number of hydrogen-bond donors (Lipinski definition) is 1. The van der Waals surface area contributed by atoms with Crippen LogP contribution in [0.4, 0.5) is 0 Å². The van der Waals surface area contributed by atoms with Gasteiger partial charge in [0.05, 0.1) is 24.7 Å². The standard InChI is InChI=1S/C12H21NO6S/c1-3-19-11(14)5-7-20(17,18)13-6-4-10(12(15)16)8-9(13)2/h9-10H,3-8H2,1-2H3,(H,15,16). The Kier molecular flexibility index (Phi) is 5.94. The summed E-state index contributed by atoms with van der Waals surface area (Å²) in [6.07, 6.45) is 0.425. The van der Waals surface area contributed by atoms with Crippen LogP contribution in [0.1, 0.15) is 33.1 Å². The molecule has 0 aromatic rings. The number of carboxylic acids is 1. The first-order valence-electron chi connectivity index (χ1n) is 6.66. The third-order valence-electron chi connectivity index (χ3n) is 3.39. The molecule has 0 aromatic carbocycles. The van der Waals surface area contributed by atoms with Crippen LogP contribution in [0, 0.1) is 5.92 Å². The van der Waals surface area contributed by atoms with Crippen LogP contribution in [0.3, 0.4) is 0 Å². The molecule has 0 radical (unpaired) electrons. The lowest BCUT2D eigenvalue weighted by molar-refractivity contribution is -0.143. The van der Waals surface area contributed by atoms with E-state index in [0.717, 1.165) is 0 Å². The highest BCUT2D eigenvalue weighted by Gasteiger charge is 2.36. The third-order valence-corrected chi connectivity index (χ3v) is 5.37. The summed E-state index contributed by atoms with van der Waals surface area (Å²) in [5, 5.41) is 8.95. The molecule has 7 nitrogen and oxygen atoms in total. The predicted octanol–water partition coefficient (Wildman–Crippen LogP) is 0.455. The van der Waals surface area contributed by atoms with Crippen LogP contribution in [-0.2, 0) is 24.3 Å². The number of aliphatic carboxylic acids is 1. The second-order valence-electron chi connectivity index (χ2n) is 4.89. The first-order chi connectivity index (χ1) is 9.27. The lowest BCUT2D eigenvalue weighted by Gasteiger charge is -2.35. The Hall–Kier alpha value is -1.15. The van der Waals surface area contributed by atoms with Crippen LogP contribution in [0.5, 0.6) is 0 Å². The molecule has 1 heterocycles. The highest BCUT2D eigenvalue weighted by molar-refractivity contribution is 7.89. The maximum absolute atomic E-state index is 12.2. The molecule has 0 aliphatic carbocycles. The van der Waals surface area contributed by atoms with Crippen molar-refractivity contribution in [2.45, 2.75) is 39.2 Å². The summed E-state index contributed by atoms with van der Waals surface area (Å²) in [6.45, 7) is 3.75. The van der Waals surface area contributed by atoms with E-state index in [2.05, 4.69) is 0 Å². The zero-order valence-corrected chi connectivity index (χ0v) is 12.6. The molecular formula is C12H21NO6S. The Labute approximate surface area is 118 Å². The Morgan fingerprint density at radius 3 is 2.55 bits per heavy atom. The zero-order valence-electron chi connectivity index (χ0n) is 11.7. The minimum Gasteiger partial charge on any atom is -0.481 e. The van der Waals surface area contributed by atoms with Crippen molar-refractivity contribution in [1.29, 1.82) is 0 Å². The molecular weight excluding hydrogens is 286 g/mol. The van der Waals surface area contributed by atoms with E-state index >= 15 is 0 Å². The SMILES string of the molecule is CCOC(=O)CCS(=O)(=O)N1CCC(C(=O)O)CC1C. The molecule has 1 aliphatic heterocycles. The van der Waals surface area contributed by atoms with Crippen LogP contribution >= 0.6 is 0 Å². The lowest BCUT2D eigenvalue weighted by Crippen LogP contribution is -2.47. The summed E-state index contributed by atoms with van der Waals surface area (Å²) in [6, 6.07) is -0.364. The van der Waals surface area contributed by atoms with Crippen molar-refractivity contribution in [3.63, 3.8) is 0 Å². The molecule has 2 unspecified atom stereocenters. The normalized spacial score (nSPS) is 24.3. The van der Waals surface area contributed by atoms with Gasteiger partial charge >= 0.3 is 11.9 Å². The zero-order chi connectivity index (χ0) is 15.3. The molecule has 0 bridgehead atoms. The van der Waals surface area contributed by atoms with Gasteiger partial charge in [0, 0.05) is 12.6 Å². The first-order valence-corrected chi connectivity index (χ1v) is 8.26. The molecule has 116 valence electrons. The molecule has 1 aliphatic rings. The third kappa shape index (κ3) is 4.45. The number of carbonyl (C=O) groups excluding carboxylic acids is 1. The van der Waals surface area contributed by atoms with E-state index in [0.29, 0.717) is 12.8 Å². The predicted molar refractivity (Wildman–Crippen MR) is 71.6 cm³/mol. The summed E-state index contributed by atoms with van der Waals surface area (Å²) in [7, 11) is -3.56. The van der Waals surface area contributed by atoms with E-state index in [1.807, 2.05) is 0 Å². The fourth-order valence-corrected chi connectivity index (χ4v) is 4.03. The summed E-state index contributed by atoms with van der Waals surface area (Å²) >= 11 is 0. The summed E-state index contributed by atoms with van der Waals surface area (Å²) in [4.78, 5) is 22.1. The summed E-state index contributed by atoms with van der Waals surface area (Å²) in [5.41, 5.74) is 0. The number of carboxylic acid groups (broad SMARTS) is 1. The second-order valence-corrected chi connectivity index (χ2v) is 6.93. The van der Waals surface area contributed by atoms with E-state index < -0.39 is 27.9 Å². The Bertz CT molecular complexity index is 461. The van der Waals surface area contributed by atoms with Gasteiger partial charge in [-0.3, -0.25) is 9.59 Å². The number of rotatable bonds is 6. The van der Waals surface area contributed by atoms with E-state index in [1.54, 1.807) is 13.8 Å². The number of sulfonamides is 1. The van der Waals surface area contributed by atoms with Gasteiger partial charge in [-0.05, 0) is 26.7 Å². The molecule has 2 atom stereocenters. The van der Waals surface area contributed by atoms with Crippen LogP contribution in [0.15, 0.2) is 0 Å². The van der Waals surface area contributed by atoms with E-state index in [4.69, 9.17) is 9.84 Å². The topological polar surface area (TPSA) is 101 Å². The molecule has 8 heteroatoms. The maximum Gasteiger partial charge on any atom is 0.306 e. The monoisotopic (exact) mass is 307 g/mol. The van der Waals surface area contributed by atoms with Gasteiger partial charge in [-0.2, -0.15) is 4.31 Å². The molecule has 0 aromatic heterocycles. The van der Waals surface area contributed by atoms with Gasteiger partial charge in [-0.15, -0.1) is 0 Å². The summed E-state index contributed by atoms with van der Waals surface area (Å²) < 4.78 is 30.3. The molecule has 1 rings (SSSR count). The van der Waals surface area contributed by atoms with Crippen molar-refractivity contribution >= 4 is 22.0 Å². The summed E-state index contributed by atoms with van der Waals surface area (Å²) in [5.74, 6) is -2.22. The van der Waals surface area contributed by atoms with Crippen molar-refractivity contribution in [1.82, 2.24) is 4.31 Å². The fourth-order valence-electron chi connectivity index (χ4n) is 2.35. The van der Waals surface area contributed by atoms with Crippen molar-refractivity contribution in [2.75, 3.05) is 18.9 Å². The first kappa shape index (κ1) is 16.9. The minimum absolute atomic E-state index is 0.179. The van der Waals surface area contributed by atoms with Crippen LogP contribution < -0.4 is 0 Å². The second kappa shape index (κ2) is 7.03.